The average molecular weight is 2110 g/mol. The topological polar surface area (TPSA) is 290 Å². The minimum absolute atomic E-state index is 0.0524. The van der Waals surface area contributed by atoms with Gasteiger partial charge >= 0.3 is 30.5 Å². The molecular weight excluding hydrogens is 2000 g/mol. The van der Waals surface area contributed by atoms with Gasteiger partial charge in [-0.2, -0.15) is 0 Å². The maximum Gasteiger partial charge on any atom is 0.416 e. The summed E-state index contributed by atoms with van der Waals surface area (Å²) in [4.78, 5) is 113. The van der Waals surface area contributed by atoms with Crippen LogP contribution in [0.25, 0.3) is 43.6 Å². The highest BCUT2D eigenvalue weighted by Crippen LogP contribution is 2.47. The number of benzene rings is 12. The number of anilines is 3. The Bertz CT molecular complexity index is 7410. The Labute approximate surface area is 877 Å². The number of hydrogen-bond acceptors (Lipinski definition) is 14. The molecule has 25 nitrogen and oxygen atoms in total. The van der Waals surface area contributed by atoms with E-state index in [1.54, 1.807) is 150 Å². The molecule has 0 aliphatic carbocycles. The van der Waals surface area contributed by atoms with Crippen LogP contribution < -0.4 is 39.6 Å². The SMILES string of the molecule is CC(C)C(=O)Nc1ccc(C2c3[nH]c4ccc(Cl)cc4c3CCN2C(=O)Oc2ccc(Cl)cc2)cc1.CC(C)OC(=O)Nc1ccc(C2c3[nH]c4ccc(Cl)cc4c3CCN2C(=O)Oc2ccc(Cl)cc2)cc1.CCC(=O)Nc1ccc(C2c3[nH]c4ccc(Cl)cc4c3CCN2C(=O)Oc2ccc(Cl)cc2)cc1.CN(C)CCCOc1ccc(C2c3[nH]c4ccc(Cl)cc4c3CCN2C(=O)Oc2ccc(Cl)cc2)cc1. The van der Waals surface area contributed by atoms with Gasteiger partial charge in [0, 0.05) is 169 Å². The largest absolute Gasteiger partial charge is 0.494 e. The summed E-state index contributed by atoms with van der Waals surface area (Å²) in [6, 6.07) is 78.7. The second-order valence-corrected chi connectivity index (χ2v) is 39.6. The summed E-state index contributed by atoms with van der Waals surface area (Å²) in [7, 11) is 4.10. The van der Waals surface area contributed by atoms with E-state index >= 15 is 0 Å². The van der Waals surface area contributed by atoms with Crippen LogP contribution in [0.3, 0.4) is 0 Å². The average Bonchev–Trinajstić information content (AvgIpc) is 1.62. The Balaban J connectivity index is 0.000000132. The molecule has 0 radical (unpaired) electrons. The van der Waals surface area contributed by atoms with Crippen molar-refractivity contribution >= 4 is 196 Å². The van der Waals surface area contributed by atoms with Gasteiger partial charge in [-0.25, -0.2) is 24.0 Å². The van der Waals surface area contributed by atoms with Crippen LogP contribution in [0.2, 0.25) is 40.2 Å². The first-order chi connectivity index (χ1) is 69.9. The Morgan fingerprint density at radius 1 is 0.345 bits per heavy atom. The lowest BCUT2D eigenvalue weighted by atomic mass is 9.92. The third-order valence-corrected chi connectivity index (χ3v) is 27.2. The van der Waals surface area contributed by atoms with Gasteiger partial charge in [0.25, 0.3) is 0 Å². The molecule has 7 N–H and O–H groups in total. The van der Waals surface area contributed by atoms with E-state index in [1.807, 2.05) is 172 Å². The quantitative estimate of drug-likeness (QED) is 0.0371. The molecular formula is C112H102Cl8N12O13. The number of H-pyrrole nitrogens is 4. The monoisotopic (exact) mass is 2100 g/mol. The molecule has 4 aliphatic rings. The maximum atomic E-state index is 13.4. The van der Waals surface area contributed by atoms with Crippen LogP contribution in [0.1, 0.15) is 139 Å². The molecule has 4 aromatic heterocycles. The lowest BCUT2D eigenvalue weighted by molar-refractivity contribution is -0.119. The van der Waals surface area contributed by atoms with Crippen molar-refractivity contribution < 1.29 is 62.0 Å². The molecule has 16 aromatic rings. The van der Waals surface area contributed by atoms with Crippen molar-refractivity contribution in [2.45, 2.75) is 103 Å². The standard InChI is InChI=1S/C29H29Cl2N3O3.C28H25Cl2N3O4.C28H25Cl2N3O3.C27H23Cl2N3O3/c1-33(2)15-3-17-36-22-9-4-19(5-10-22)28-27-24(25-18-21(31)8-13-26(25)32-27)14-16-34(28)29(35)37-23-11-6-20(30)7-12-23;1-16(2)36-27(34)31-20-8-3-17(4-9-20)26-25-22(23-15-19(30)7-12-24(23)32-25)13-14-33(26)28(35)37-21-10-5-18(29)6-11-21;1-16(2)27(34)31-20-8-3-17(4-9-20)26-25-22(23-15-19(30)7-12-24(23)32-25)13-14-33(26)28(35)36-21-10-5-18(29)6-11-21;1-2-24(33)30-19-8-3-16(4-9-19)26-25-21(22-15-18(29)7-12-23(22)31-25)13-14-32(26)27(34)35-20-10-5-17(28)6-11-20/h4-13,18,28,32H,3,14-17H2,1-2H3;3-12,15-16,26,32H,13-14H2,1-2H3,(H,31,34);3-12,15-16,26,32H,13-14H2,1-2H3,(H,31,34);3-12,15,26,31H,2,13-14H2,1H3,(H,30,33). The van der Waals surface area contributed by atoms with E-state index in [-0.39, 0.29) is 29.9 Å². The molecule has 744 valence electrons. The van der Waals surface area contributed by atoms with Gasteiger partial charge in [0.15, 0.2) is 0 Å². The van der Waals surface area contributed by atoms with Gasteiger partial charge in [-0.1, -0.05) is 162 Å². The van der Waals surface area contributed by atoms with Crippen molar-refractivity contribution in [3.8, 4) is 28.7 Å². The zero-order chi connectivity index (χ0) is 102. The normalized spacial score (nSPS) is 15.1. The third kappa shape index (κ3) is 24.5. The van der Waals surface area contributed by atoms with Crippen molar-refractivity contribution in [3.63, 3.8) is 0 Å². The molecule has 20 rings (SSSR count). The molecule has 8 heterocycles. The second kappa shape index (κ2) is 46.1. The van der Waals surface area contributed by atoms with E-state index in [4.69, 9.17) is 121 Å². The summed E-state index contributed by atoms with van der Waals surface area (Å²) in [5.41, 5.74) is 17.7. The Morgan fingerprint density at radius 2 is 0.607 bits per heavy atom. The number of carbonyl (C=O) groups is 7. The number of amides is 7. The van der Waals surface area contributed by atoms with Gasteiger partial charge in [-0.15, -0.1) is 0 Å². The first-order valence-corrected chi connectivity index (χ1v) is 50.3. The number of aromatic nitrogens is 4. The number of nitrogens with one attached hydrogen (secondary N) is 7. The van der Waals surface area contributed by atoms with E-state index in [1.165, 1.54) is 5.56 Å². The first-order valence-electron chi connectivity index (χ1n) is 47.3. The van der Waals surface area contributed by atoms with Gasteiger partial charge < -0.3 is 63.9 Å². The lowest BCUT2D eigenvalue weighted by Gasteiger charge is -2.35. The molecule has 0 spiro atoms. The molecule has 12 aromatic carbocycles. The summed E-state index contributed by atoms with van der Waals surface area (Å²) < 4.78 is 33.9. The van der Waals surface area contributed by atoms with Gasteiger partial charge in [-0.3, -0.25) is 34.5 Å². The molecule has 4 unspecified atom stereocenters. The zero-order valence-corrected chi connectivity index (χ0v) is 86.0. The van der Waals surface area contributed by atoms with Crippen LogP contribution in [-0.4, -0.2) is 146 Å². The van der Waals surface area contributed by atoms with Crippen LogP contribution >= 0.6 is 92.8 Å². The maximum absolute atomic E-state index is 13.4. The smallest absolute Gasteiger partial charge is 0.416 e. The van der Waals surface area contributed by atoms with Crippen LogP contribution in [-0.2, 0) is 40.0 Å². The van der Waals surface area contributed by atoms with E-state index in [0.717, 1.165) is 124 Å². The van der Waals surface area contributed by atoms with Crippen molar-refractivity contribution in [2.75, 3.05) is 69.4 Å². The lowest BCUT2D eigenvalue weighted by Crippen LogP contribution is -2.42. The molecule has 0 saturated carbocycles. The highest BCUT2D eigenvalue weighted by molar-refractivity contribution is 6.33. The van der Waals surface area contributed by atoms with E-state index in [2.05, 4.69) is 54.9 Å². The number of halogens is 8. The number of carbonyl (C=O) groups excluding carboxylic acids is 7. The Morgan fingerprint density at radius 3 is 0.876 bits per heavy atom. The van der Waals surface area contributed by atoms with E-state index in [9.17, 15) is 33.6 Å². The van der Waals surface area contributed by atoms with Crippen molar-refractivity contribution in [1.82, 2.24) is 44.4 Å². The van der Waals surface area contributed by atoms with Crippen molar-refractivity contribution in [3.05, 3.63) is 374 Å². The fourth-order valence-electron chi connectivity index (χ4n) is 18.3. The molecule has 0 saturated heterocycles. The fraction of sp³-hybridized carbons (Fsp3) is 0.223. The van der Waals surface area contributed by atoms with E-state index < -0.39 is 48.6 Å². The Hall–Kier alpha value is -13.8. The number of ether oxygens (including phenoxy) is 6. The van der Waals surface area contributed by atoms with Crippen LogP contribution in [0.4, 0.5) is 41.0 Å². The van der Waals surface area contributed by atoms with Crippen LogP contribution in [0, 0.1) is 5.92 Å². The van der Waals surface area contributed by atoms with Gasteiger partial charge in [-0.05, 0) is 323 Å². The molecule has 33 heteroatoms. The summed E-state index contributed by atoms with van der Waals surface area (Å²) >= 11 is 49.1. The minimum Gasteiger partial charge on any atom is -0.494 e. The number of rotatable bonds is 19. The second-order valence-electron chi connectivity index (χ2n) is 36.1. The van der Waals surface area contributed by atoms with Crippen molar-refractivity contribution in [1.29, 1.82) is 0 Å². The van der Waals surface area contributed by atoms with Crippen LogP contribution in [0.5, 0.6) is 28.7 Å². The van der Waals surface area contributed by atoms with Gasteiger partial charge in [0.05, 0.1) is 12.7 Å². The number of aromatic amines is 4. The molecule has 7 amide bonds. The van der Waals surface area contributed by atoms with Crippen LogP contribution in [0.15, 0.2) is 267 Å². The predicted molar refractivity (Wildman–Crippen MR) is 574 cm³/mol. The Kier molecular flexibility index (Phi) is 32.6. The predicted octanol–water partition coefficient (Wildman–Crippen LogP) is 28.7. The fourth-order valence-corrected chi connectivity index (χ4v) is 19.5. The summed E-state index contributed by atoms with van der Waals surface area (Å²) in [6.45, 7) is 12.6. The summed E-state index contributed by atoms with van der Waals surface area (Å²) in [5, 5.41) is 17.7. The summed E-state index contributed by atoms with van der Waals surface area (Å²) in [5.74, 6) is 2.27. The highest BCUT2D eigenvalue weighted by Gasteiger charge is 2.42. The molecule has 0 bridgehead atoms. The number of nitrogens with zero attached hydrogens (tertiary/aromatic N) is 5. The molecule has 0 fully saturated rings. The molecule has 4 aliphatic heterocycles. The van der Waals surface area contributed by atoms with E-state index in [0.29, 0.717) is 145 Å². The third-order valence-electron chi connectivity index (χ3n) is 25.2. The van der Waals surface area contributed by atoms with Crippen molar-refractivity contribution in [2.24, 2.45) is 5.92 Å². The zero-order valence-electron chi connectivity index (χ0n) is 79.9. The number of hydrogen-bond donors (Lipinski definition) is 7. The van der Waals surface area contributed by atoms with Gasteiger partial charge in [0.1, 0.15) is 52.9 Å². The molecule has 4 atom stereocenters. The number of fused-ring (bicyclic) bond motifs is 12. The first kappa shape index (κ1) is 103. The summed E-state index contributed by atoms with van der Waals surface area (Å²) in [6.07, 6.45) is 1.44. The van der Waals surface area contributed by atoms with Gasteiger partial charge in [0.2, 0.25) is 11.8 Å². The minimum atomic E-state index is -0.525. The highest BCUT2D eigenvalue weighted by atomic mass is 35.5. The molecule has 145 heavy (non-hydrogen) atoms.